The second kappa shape index (κ2) is 26.5. The third-order valence-electron chi connectivity index (χ3n) is 5.05. The molecule has 167 valence electrons. The van der Waals surface area contributed by atoms with Gasteiger partial charge in [-0.1, -0.05) is 91.1 Å². The van der Waals surface area contributed by atoms with Crippen LogP contribution in [0.2, 0.25) is 13.1 Å². The van der Waals surface area contributed by atoms with Gasteiger partial charge in [0.2, 0.25) is 0 Å². The summed E-state index contributed by atoms with van der Waals surface area (Å²) >= 11 is 0. The molecule has 0 unspecified atom stereocenters. The van der Waals surface area contributed by atoms with E-state index in [4.69, 9.17) is 5.73 Å². The molecule has 0 aromatic heterocycles. The summed E-state index contributed by atoms with van der Waals surface area (Å²) < 4.78 is 0. The van der Waals surface area contributed by atoms with Gasteiger partial charge in [-0.05, 0) is 12.8 Å². The summed E-state index contributed by atoms with van der Waals surface area (Å²) in [6.07, 6.45) is 21.0. The van der Waals surface area contributed by atoms with Crippen LogP contribution >= 0.6 is 0 Å². The van der Waals surface area contributed by atoms with Crippen molar-refractivity contribution >= 4 is 15.4 Å². The molecule has 0 atom stereocenters. The molecule has 6 heteroatoms. The maximum Gasteiger partial charge on any atom is 4.00 e. The fourth-order valence-corrected chi connectivity index (χ4v) is 3.39. The smallest absolute Gasteiger partial charge is 1.00 e. The molecule has 2 aliphatic rings. The molecule has 0 spiro atoms. The van der Waals surface area contributed by atoms with Crippen LogP contribution in [0.25, 0.3) is 5.73 Å². The first-order chi connectivity index (χ1) is 12.6. The number of hydrogen-bond donors (Lipinski definition) is 0. The Kier molecular flexibility index (Phi) is 33.6. The molecule has 0 aliphatic heterocycles. The predicted octanol–water partition coefficient (Wildman–Crippen LogP) is 1.49. The van der Waals surface area contributed by atoms with E-state index in [1.54, 1.807) is 0 Å². The number of hydrogen-bond acceptors (Lipinski definition) is 1. The Balaban J connectivity index is -0.000000191. The summed E-state index contributed by atoms with van der Waals surface area (Å²) in [6, 6.07) is 0. The molecule has 0 bridgehead atoms. The third kappa shape index (κ3) is 21.5. The van der Waals surface area contributed by atoms with Crippen molar-refractivity contribution in [2.75, 3.05) is 0 Å². The first-order valence-corrected chi connectivity index (χ1v) is 13.1. The van der Waals surface area contributed by atoms with Crippen molar-refractivity contribution in [3.8, 4) is 0 Å². The Morgan fingerprint density at radius 1 is 1.00 bits per heavy atom. The number of amides is 1. The Morgan fingerprint density at radius 2 is 1.38 bits per heavy atom. The topological polar surface area (TPSA) is 40.9 Å². The summed E-state index contributed by atoms with van der Waals surface area (Å²) in [4.78, 5) is 11.1. The van der Waals surface area contributed by atoms with Gasteiger partial charge in [0, 0.05) is 15.4 Å². The minimum Gasteiger partial charge on any atom is -1.00 e. The van der Waals surface area contributed by atoms with Gasteiger partial charge in [0.1, 0.15) is 0 Å². The van der Waals surface area contributed by atoms with Gasteiger partial charge in [0.15, 0.2) is 0 Å². The summed E-state index contributed by atoms with van der Waals surface area (Å²) in [7, 11) is 0.750. The average Bonchev–Trinajstić information content (AvgIpc) is 3.01. The summed E-state index contributed by atoms with van der Waals surface area (Å²) in [6.45, 7) is 8.78. The van der Waals surface area contributed by atoms with Crippen molar-refractivity contribution in [1.82, 2.24) is 0 Å². The molecule has 1 amide bonds. The summed E-state index contributed by atoms with van der Waals surface area (Å²) in [5.41, 5.74) is 10.2. The fourth-order valence-electron chi connectivity index (χ4n) is 3.39. The number of allylic oxidation sites excluding steroid dienone is 4. The summed E-state index contributed by atoms with van der Waals surface area (Å²) in [5.74, 6) is -0.281. The van der Waals surface area contributed by atoms with E-state index < -0.39 is 0 Å². The first-order valence-electron chi connectivity index (χ1n) is 10.8. The molecular formula is C23H42Cl2NOSiTi. The van der Waals surface area contributed by atoms with Crippen molar-refractivity contribution < 1.29 is 51.3 Å². The van der Waals surface area contributed by atoms with Gasteiger partial charge in [0.25, 0.3) is 0 Å². The van der Waals surface area contributed by atoms with Crippen molar-refractivity contribution in [3.63, 3.8) is 0 Å². The van der Waals surface area contributed by atoms with E-state index in [0.717, 1.165) is 41.6 Å². The number of carbonyl (C=O) groups excluding carboxylic acids is 1. The molecule has 1 saturated carbocycles. The van der Waals surface area contributed by atoms with E-state index in [1.807, 2.05) is 0 Å². The molecule has 2 nitrogen and oxygen atoms in total. The molecule has 1 fully saturated rings. The van der Waals surface area contributed by atoms with E-state index in [2.05, 4.69) is 39.1 Å². The molecular weight excluding hydrogens is 453 g/mol. The molecule has 0 aromatic carbocycles. The van der Waals surface area contributed by atoms with Gasteiger partial charge in [-0.3, -0.25) is 6.08 Å². The normalized spacial score (nSPS) is 17.4. The third-order valence-corrected chi connectivity index (χ3v) is 5.05. The van der Waals surface area contributed by atoms with Crippen LogP contribution in [0.4, 0.5) is 0 Å². The zero-order valence-electron chi connectivity index (χ0n) is 19.1. The van der Waals surface area contributed by atoms with Crippen LogP contribution in [0, 0.1) is 12.0 Å². The van der Waals surface area contributed by atoms with Crippen LogP contribution in [0.3, 0.4) is 0 Å². The minimum atomic E-state index is -0.327. The van der Waals surface area contributed by atoms with Crippen LogP contribution in [0.5, 0.6) is 0 Å². The monoisotopic (exact) mass is 494 g/mol. The van der Waals surface area contributed by atoms with Crippen LogP contribution < -0.4 is 24.8 Å². The van der Waals surface area contributed by atoms with Crippen LogP contribution in [-0.2, 0) is 26.5 Å². The van der Waals surface area contributed by atoms with E-state index in [9.17, 15) is 4.79 Å². The maximum absolute atomic E-state index is 11.1. The van der Waals surface area contributed by atoms with Gasteiger partial charge < -0.3 is 35.3 Å². The van der Waals surface area contributed by atoms with Gasteiger partial charge in [-0.2, -0.15) is 11.1 Å². The number of rotatable bonds is 2. The van der Waals surface area contributed by atoms with Crippen LogP contribution in [0.15, 0.2) is 17.2 Å². The van der Waals surface area contributed by atoms with Crippen molar-refractivity contribution in [3.05, 3.63) is 29.0 Å². The van der Waals surface area contributed by atoms with Crippen LogP contribution in [0.1, 0.15) is 97.3 Å². The van der Waals surface area contributed by atoms with Crippen molar-refractivity contribution in [1.29, 1.82) is 0 Å². The number of carbonyl (C=O) groups is 1. The number of nitrogens with one attached hydrogen (secondary N) is 1. The van der Waals surface area contributed by atoms with E-state index in [-0.39, 0.29) is 58.4 Å². The van der Waals surface area contributed by atoms with E-state index in [1.165, 1.54) is 62.5 Å². The fraction of sp³-hybridized carbons (Fsp3) is 0.783. The summed E-state index contributed by atoms with van der Waals surface area (Å²) in [5, 5.41) is 0. The van der Waals surface area contributed by atoms with Gasteiger partial charge in [-0.25, -0.2) is 6.08 Å². The minimum absolute atomic E-state index is 0. The second-order valence-corrected chi connectivity index (χ2v) is 8.74. The molecule has 0 saturated heterocycles. The average molecular weight is 495 g/mol. The Hall–Kier alpha value is 0.461. The largest absolute Gasteiger partial charge is 4.00 e. The van der Waals surface area contributed by atoms with Gasteiger partial charge in [0.05, 0.1) is 5.91 Å². The van der Waals surface area contributed by atoms with Gasteiger partial charge in [-0.15, -0.1) is 6.42 Å². The molecule has 2 rings (SSSR count). The zero-order chi connectivity index (χ0) is 19.6. The van der Waals surface area contributed by atoms with Crippen molar-refractivity contribution in [2.24, 2.45) is 5.92 Å². The molecule has 29 heavy (non-hydrogen) atoms. The SMILES string of the molecule is CCC1=C(C)C[C-]=C1.C[SiH]C.[Cl-].[Cl-].[NH-]C(=O)C1CCCCCCCCCCC1.[Ti+4]. The molecule has 2 aliphatic carbocycles. The van der Waals surface area contributed by atoms with Crippen molar-refractivity contribution in [2.45, 2.75) is 110 Å². The molecule has 0 aromatic rings. The van der Waals surface area contributed by atoms with E-state index >= 15 is 0 Å². The zero-order valence-corrected chi connectivity index (χ0v) is 23.3. The Morgan fingerprint density at radius 3 is 1.62 bits per heavy atom. The predicted molar refractivity (Wildman–Crippen MR) is 118 cm³/mol. The molecule has 1 radical (unpaired) electrons. The Labute approximate surface area is 211 Å². The second-order valence-electron chi connectivity index (χ2n) is 7.58. The first kappa shape index (κ1) is 36.8. The molecule has 0 heterocycles. The molecule has 1 N–H and O–H groups in total. The number of halogens is 2. The standard InChI is InChI=1S/C13H25NO.C8H11.C2H7Si.2ClH.Ti/c14-13(15)12-10-8-6-4-2-1-3-5-7-9-11-12;1-3-8-6-4-5-7(8)2;1-3-2;;;/h12H,1-11H2,(H2,14,15);6H,3,5H2,1-2H3;3H,1-2H3;2*1H;/q;-1;;;;+4/p-3. The van der Waals surface area contributed by atoms with Crippen LogP contribution in [-0.4, -0.2) is 15.4 Å². The van der Waals surface area contributed by atoms with Gasteiger partial charge >= 0.3 is 21.7 Å². The quantitative estimate of drug-likeness (QED) is 0.423. The van der Waals surface area contributed by atoms with E-state index in [0.29, 0.717) is 0 Å². The maximum atomic E-state index is 11.1. The Bertz CT molecular complexity index is 419.